The van der Waals surface area contributed by atoms with Crippen molar-refractivity contribution >= 4 is 22.9 Å². The molecule has 2 N–H and O–H groups in total. The predicted molar refractivity (Wildman–Crippen MR) is 129 cm³/mol. The Kier molecular flexibility index (Phi) is 7.22. The number of hydrogen-bond acceptors (Lipinski definition) is 5. The molecule has 3 aromatic rings. The number of rotatable bonds is 10. The summed E-state index contributed by atoms with van der Waals surface area (Å²) in [5.41, 5.74) is 2.17. The molecular weight excluding hydrogens is 432 g/mol. The van der Waals surface area contributed by atoms with Gasteiger partial charge in [-0.05, 0) is 73.6 Å². The Morgan fingerprint density at radius 2 is 1.82 bits per heavy atom. The lowest BCUT2D eigenvalue weighted by Crippen LogP contribution is -2.73. The van der Waals surface area contributed by atoms with Crippen molar-refractivity contribution < 1.29 is 23.8 Å². The van der Waals surface area contributed by atoms with E-state index in [2.05, 4.69) is 17.4 Å². The Morgan fingerprint density at radius 1 is 1.09 bits per heavy atom. The van der Waals surface area contributed by atoms with Crippen LogP contribution in [0, 0.1) is 5.41 Å². The molecule has 2 heterocycles. The average molecular weight is 465 g/mol. The number of aryl methyl sites for hydroxylation is 1. The van der Waals surface area contributed by atoms with Crippen molar-refractivity contribution in [2.75, 3.05) is 6.54 Å². The first-order valence-electron chi connectivity index (χ1n) is 12.0. The summed E-state index contributed by atoms with van der Waals surface area (Å²) in [6, 6.07) is 14.7. The minimum Gasteiger partial charge on any atom is -0.469 e. The highest BCUT2D eigenvalue weighted by molar-refractivity contribution is 6.03. The van der Waals surface area contributed by atoms with E-state index in [0.29, 0.717) is 25.1 Å². The Morgan fingerprint density at radius 3 is 2.53 bits per heavy atom. The van der Waals surface area contributed by atoms with Gasteiger partial charge in [0.2, 0.25) is 5.91 Å². The molecule has 3 amide bonds. The number of ether oxygens (including phenoxy) is 1. The van der Waals surface area contributed by atoms with Crippen LogP contribution in [0.1, 0.15) is 50.7 Å². The van der Waals surface area contributed by atoms with E-state index in [1.54, 1.807) is 30.5 Å². The second-order valence-electron chi connectivity index (χ2n) is 8.79. The van der Waals surface area contributed by atoms with Crippen LogP contribution < -0.4 is 10.1 Å². The number of amides is 3. The highest BCUT2D eigenvalue weighted by atomic mass is 16.5. The second kappa shape index (κ2) is 10.3. The van der Waals surface area contributed by atoms with E-state index in [9.17, 15) is 14.7 Å². The Hall–Kier alpha value is -3.32. The molecule has 1 aromatic heterocycles. The Labute approximate surface area is 199 Å². The van der Waals surface area contributed by atoms with Gasteiger partial charge in [-0.25, -0.2) is 9.69 Å². The van der Waals surface area contributed by atoms with Gasteiger partial charge in [0, 0.05) is 11.9 Å². The van der Waals surface area contributed by atoms with Gasteiger partial charge in [0.1, 0.15) is 16.7 Å². The number of carbonyl (C=O) groups excluding carboxylic acids is 2. The molecule has 1 aliphatic heterocycles. The number of imide groups is 1. The first-order chi connectivity index (χ1) is 16.5. The molecule has 0 radical (unpaired) electrons. The summed E-state index contributed by atoms with van der Waals surface area (Å²) in [7, 11) is 0. The van der Waals surface area contributed by atoms with Gasteiger partial charge >= 0.3 is 6.03 Å². The van der Waals surface area contributed by atoms with E-state index in [1.165, 1.54) is 10.5 Å². The number of carbonyl (C=O) groups is 2. The first kappa shape index (κ1) is 23.8. The zero-order valence-corrected chi connectivity index (χ0v) is 19.8. The molecule has 0 saturated carbocycles. The average Bonchev–Trinajstić information content (AvgIpc) is 3.33. The van der Waals surface area contributed by atoms with E-state index in [4.69, 9.17) is 9.15 Å². The number of hydrogen-bond donors (Lipinski definition) is 2. The van der Waals surface area contributed by atoms with Crippen LogP contribution in [0.3, 0.4) is 0 Å². The number of furan rings is 1. The van der Waals surface area contributed by atoms with Gasteiger partial charge in [0.25, 0.3) is 0 Å². The fourth-order valence-electron chi connectivity index (χ4n) is 4.61. The van der Waals surface area contributed by atoms with Crippen LogP contribution in [0.4, 0.5) is 4.79 Å². The number of aliphatic hydroxyl groups is 1. The number of urea groups is 1. The van der Waals surface area contributed by atoms with Crippen molar-refractivity contribution in [3.8, 4) is 5.75 Å². The predicted octanol–water partition coefficient (Wildman–Crippen LogP) is 5.01. The van der Waals surface area contributed by atoms with Crippen molar-refractivity contribution in [3.05, 3.63) is 65.9 Å². The molecule has 7 heteroatoms. The lowest BCUT2D eigenvalue weighted by atomic mass is 9.72. The summed E-state index contributed by atoms with van der Waals surface area (Å²) in [6.07, 6.45) is 4.84. The molecule has 0 unspecified atom stereocenters. The van der Waals surface area contributed by atoms with Crippen LogP contribution in [0.25, 0.3) is 11.0 Å². The number of unbranched alkanes of at least 4 members (excludes halogenated alkanes) is 1. The smallest absolute Gasteiger partial charge is 0.327 e. The highest BCUT2D eigenvalue weighted by Crippen LogP contribution is 2.46. The number of fused-ring (bicyclic) bond motifs is 1. The van der Waals surface area contributed by atoms with Crippen LogP contribution in [0.15, 0.2) is 59.2 Å². The first-order valence-corrected chi connectivity index (χ1v) is 12.0. The number of nitrogens with one attached hydrogen (secondary N) is 1. The van der Waals surface area contributed by atoms with Gasteiger partial charge in [0.05, 0.1) is 12.9 Å². The van der Waals surface area contributed by atoms with E-state index < -0.39 is 17.7 Å². The molecule has 7 nitrogen and oxygen atoms in total. The molecule has 2 aromatic carbocycles. The molecule has 1 atom stereocenters. The lowest BCUT2D eigenvalue weighted by Gasteiger charge is -2.53. The minimum absolute atomic E-state index is 0.0531. The third kappa shape index (κ3) is 4.53. The molecule has 180 valence electrons. The number of aliphatic hydroxyl groups excluding tert-OH is 1. The largest absolute Gasteiger partial charge is 0.469 e. The topological polar surface area (TPSA) is 92.0 Å². The van der Waals surface area contributed by atoms with Gasteiger partial charge in [-0.3, -0.25) is 4.79 Å². The second-order valence-corrected chi connectivity index (χ2v) is 8.79. The van der Waals surface area contributed by atoms with E-state index in [1.807, 2.05) is 26.0 Å². The van der Waals surface area contributed by atoms with E-state index >= 15 is 0 Å². The summed E-state index contributed by atoms with van der Waals surface area (Å²) in [4.78, 5) is 27.1. The summed E-state index contributed by atoms with van der Waals surface area (Å²) in [6.45, 7) is 4.33. The fraction of sp³-hybridized carbons (Fsp3) is 0.407. The molecule has 1 fully saturated rings. The maximum atomic E-state index is 13.0. The summed E-state index contributed by atoms with van der Waals surface area (Å²) in [5, 5.41) is 13.2. The van der Waals surface area contributed by atoms with Crippen LogP contribution in [-0.2, 0) is 17.8 Å². The van der Waals surface area contributed by atoms with Crippen LogP contribution in [0.5, 0.6) is 5.75 Å². The molecule has 1 aliphatic rings. The van der Waals surface area contributed by atoms with Gasteiger partial charge in [0.15, 0.2) is 6.23 Å². The number of β-lactam (4-membered cyclic amide) rings is 1. The van der Waals surface area contributed by atoms with Crippen molar-refractivity contribution in [1.29, 1.82) is 0 Å². The van der Waals surface area contributed by atoms with Crippen molar-refractivity contribution in [1.82, 2.24) is 10.2 Å². The van der Waals surface area contributed by atoms with Crippen molar-refractivity contribution in [2.45, 2.75) is 58.8 Å². The molecule has 1 saturated heterocycles. The van der Waals surface area contributed by atoms with Crippen LogP contribution >= 0.6 is 0 Å². The molecule has 0 aliphatic carbocycles. The molecule has 4 rings (SSSR count). The molecule has 0 spiro atoms. The maximum absolute atomic E-state index is 13.0. The summed E-state index contributed by atoms with van der Waals surface area (Å²) in [5.74, 6) is 0.369. The van der Waals surface area contributed by atoms with Gasteiger partial charge < -0.3 is 19.6 Å². The van der Waals surface area contributed by atoms with Gasteiger partial charge in [-0.15, -0.1) is 0 Å². The summed E-state index contributed by atoms with van der Waals surface area (Å²) >= 11 is 0. The third-order valence-electron chi connectivity index (χ3n) is 6.87. The van der Waals surface area contributed by atoms with E-state index in [0.717, 1.165) is 35.8 Å². The number of nitrogens with zero attached hydrogens (tertiary/aromatic N) is 1. The van der Waals surface area contributed by atoms with Crippen LogP contribution in [0.2, 0.25) is 0 Å². The standard InChI is InChI=1S/C27H32N2O5/c1-3-27(4-2)24(31)29(25(27)34-22-11-8-20(18-30)9-12-22)26(32)28-15-6-5-7-19-10-13-23-21(17-19)14-16-33-23/h8-14,16-17,25,30H,3-7,15,18H2,1-2H3,(H,28,32)/t25-/m0/s1. The lowest BCUT2D eigenvalue weighted by molar-refractivity contribution is -0.190. The SMILES string of the molecule is CCC1(CC)C(=O)N(C(=O)NCCCCc2ccc3occc3c2)[C@H]1Oc1ccc(CO)cc1. The van der Waals surface area contributed by atoms with Crippen molar-refractivity contribution in [3.63, 3.8) is 0 Å². The Bertz CT molecular complexity index is 1130. The quantitative estimate of drug-likeness (QED) is 0.325. The van der Waals surface area contributed by atoms with Crippen LogP contribution in [-0.4, -0.2) is 34.7 Å². The number of likely N-dealkylation sites (tertiary alicyclic amines) is 1. The normalized spacial score (nSPS) is 17.0. The molecular formula is C27H32N2O5. The summed E-state index contributed by atoms with van der Waals surface area (Å²) < 4.78 is 11.5. The zero-order chi connectivity index (χ0) is 24.1. The van der Waals surface area contributed by atoms with E-state index in [-0.39, 0.29) is 12.5 Å². The van der Waals surface area contributed by atoms with Crippen molar-refractivity contribution in [2.24, 2.45) is 5.41 Å². The third-order valence-corrected chi connectivity index (χ3v) is 6.87. The molecule has 34 heavy (non-hydrogen) atoms. The minimum atomic E-state index is -0.710. The fourth-order valence-corrected chi connectivity index (χ4v) is 4.61. The number of benzene rings is 2. The highest BCUT2D eigenvalue weighted by Gasteiger charge is 2.62. The zero-order valence-electron chi connectivity index (χ0n) is 19.8. The monoisotopic (exact) mass is 464 g/mol. The maximum Gasteiger partial charge on any atom is 0.327 e. The van der Waals surface area contributed by atoms with Gasteiger partial charge in [-0.2, -0.15) is 0 Å². The molecule has 0 bridgehead atoms. The Balaban J connectivity index is 1.31. The van der Waals surface area contributed by atoms with Gasteiger partial charge in [-0.1, -0.05) is 32.0 Å².